The fraction of sp³-hybridized carbons (Fsp3) is 0.421. The SMILES string of the molecule is O=C1N(c2cnc(C(F)(F)F)nc2)CC2(CCCCC2)N1c1cccc(F)c1. The number of carbonyl (C=O) groups excluding carboxylic acids is 1. The number of carbonyl (C=O) groups is 1. The van der Waals surface area contributed by atoms with Crippen molar-refractivity contribution in [3.63, 3.8) is 0 Å². The molecule has 2 aliphatic rings. The standard InChI is InChI=1S/C19H18F4N4O/c20-13-5-4-6-14(9-13)27-17(28)26(12-18(27)7-2-1-3-8-18)15-10-24-16(25-11-15)19(21,22)23/h4-6,9-11H,1-3,7-8,12H2. The third-order valence-electron chi connectivity index (χ3n) is 5.40. The summed E-state index contributed by atoms with van der Waals surface area (Å²) in [6.07, 6.45) is 1.77. The molecular formula is C19H18F4N4O. The van der Waals surface area contributed by atoms with Crippen molar-refractivity contribution in [1.82, 2.24) is 9.97 Å². The van der Waals surface area contributed by atoms with E-state index in [-0.39, 0.29) is 5.69 Å². The lowest BCUT2D eigenvalue weighted by atomic mass is 9.81. The number of anilines is 2. The summed E-state index contributed by atoms with van der Waals surface area (Å²) in [6.45, 7) is 0.303. The molecule has 0 radical (unpaired) electrons. The number of amides is 2. The predicted molar refractivity (Wildman–Crippen MR) is 94.5 cm³/mol. The molecule has 1 aromatic carbocycles. The van der Waals surface area contributed by atoms with E-state index in [1.165, 1.54) is 17.0 Å². The maximum Gasteiger partial charge on any atom is 0.451 e. The number of nitrogens with zero attached hydrogens (tertiary/aromatic N) is 4. The van der Waals surface area contributed by atoms with Crippen molar-refractivity contribution >= 4 is 17.4 Å². The van der Waals surface area contributed by atoms with Gasteiger partial charge in [-0.15, -0.1) is 0 Å². The highest BCUT2D eigenvalue weighted by Gasteiger charge is 2.51. The van der Waals surface area contributed by atoms with Gasteiger partial charge in [0, 0.05) is 5.69 Å². The smallest absolute Gasteiger partial charge is 0.289 e. The van der Waals surface area contributed by atoms with Gasteiger partial charge in [-0.1, -0.05) is 25.3 Å². The van der Waals surface area contributed by atoms with Gasteiger partial charge in [-0.2, -0.15) is 13.2 Å². The molecule has 1 aromatic heterocycles. The van der Waals surface area contributed by atoms with Gasteiger partial charge in [0.2, 0.25) is 5.82 Å². The second kappa shape index (κ2) is 6.72. The molecule has 1 saturated carbocycles. The fourth-order valence-electron chi connectivity index (χ4n) is 4.16. The Kier molecular flexibility index (Phi) is 4.47. The highest BCUT2D eigenvalue weighted by atomic mass is 19.4. The van der Waals surface area contributed by atoms with Crippen molar-refractivity contribution in [3.05, 3.63) is 48.3 Å². The molecular weight excluding hydrogens is 376 g/mol. The van der Waals surface area contributed by atoms with Crippen molar-refractivity contribution in [2.75, 3.05) is 16.3 Å². The summed E-state index contributed by atoms with van der Waals surface area (Å²) >= 11 is 0. The minimum absolute atomic E-state index is 0.196. The van der Waals surface area contributed by atoms with Crippen LogP contribution in [0.25, 0.3) is 0 Å². The van der Waals surface area contributed by atoms with Crippen molar-refractivity contribution < 1.29 is 22.4 Å². The van der Waals surface area contributed by atoms with Gasteiger partial charge in [-0.05, 0) is 31.0 Å². The van der Waals surface area contributed by atoms with Crippen LogP contribution in [-0.2, 0) is 6.18 Å². The topological polar surface area (TPSA) is 49.3 Å². The van der Waals surface area contributed by atoms with E-state index in [0.717, 1.165) is 44.5 Å². The molecule has 1 saturated heterocycles. The lowest BCUT2D eigenvalue weighted by Crippen LogP contribution is -2.48. The first-order chi connectivity index (χ1) is 13.3. The molecule has 1 aliphatic heterocycles. The summed E-state index contributed by atoms with van der Waals surface area (Å²) in [5, 5.41) is 0. The van der Waals surface area contributed by atoms with Crippen molar-refractivity contribution in [3.8, 4) is 0 Å². The van der Waals surface area contributed by atoms with Crippen LogP contribution in [0.15, 0.2) is 36.7 Å². The van der Waals surface area contributed by atoms with E-state index in [4.69, 9.17) is 0 Å². The quantitative estimate of drug-likeness (QED) is 0.689. The van der Waals surface area contributed by atoms with E-state index in [1.54, 1.807) is 17.0 Å². The van der Waals surface area contributed by atoms with Crippen LogP contribution in [-0.4, -0.2) is 28.1 Å². The number of alkyl halides is 3. The van der Waals surface area contributed by atoms with Crippen LogP contribution in [0.1, 0.15) is 37.9 Å². The van der Waals surface area contributed by atoms with Gasteiger partial charge in [0.1, 0.15) is 5.82 Å². The number of rotatable bonds is 2. The first-order valence-corrected chi connectivity index (χ1v) is 9.07. The van der Waals surface area contributed by atoms with E-state index in [9.17, 15) is 22.4 Å². The number of hydrogen-bond donors (Lipinski definition) is 0. The zero-order chi connectivity index (χ0) is 19.9. The van der Waals surface area contributed by atoms with E-state index < -0.39 is 29.4 Å². The highest BCUT2D eigenvalue weighted by Crippen LogP contribution is 2.43. The molecule has 2 amide bonds. The Hall–Kier alpha value is -2.71. The molecule has 2 fully saturated rings. The first kappa shape index (κ1) is 18.6. The summed E-state index contributed by atoms with van der Waals surface area (Å²) in [7, 11) is 0. The average molecular weight is 394 g/mol. The van der Waals surface area contributed by atoms with Gasteiger partial charge in [0.05, 0.1) is 30.2 Å². The average Bonchev–Trinajstić information content (AvgIpc) is 2.93. The van der Waals surface area contributed by atoms with Gasteiger partial charge in [-0.25, -0.2) is 19.2 Å². The van der Waals surface area contributed by atoms with Crippen LogP contribution < -0.4 is 9.80 Å². The largest absolute Gasteiger partial charge is 0.451 e. The maximum absolute atomic E-state index is 13.8. The molecule has 0 N–H and O–H groups in total. The minimum atomic E-state index is -4.65. The number of halogens is 4. The van der Waals surface area contributed by atoms with Gasteiger partial charge in [-0.3, -0.25) is 9.80 Å². The van der Waals surface area contributed by atoms with Crippen molar-refractivity contribution in [1.29, 1.82) is 0 Å². The molecule has 1 aliphatic carbocycles. The number of aromatic nitrogens is 2. The van der Waals surface area contributed by atoms with Crippen molar-refractivity contribution in [2.45, 2.75) is 43.8 Å². The fourth-order valence-corrected chi connectivity index (χ4v) is 4.16. The molecule has 1 spiro atoms. The molecule has 0 atom stereocenters. The molecule has 5 nitrogen and oxygen atoms in total. The summed E-state index contributed by atoms with van der Waals surface area (Å²) in [4.78, 5) is 22.9. The number of hydrogen-bond acceptors (Lipinski definition) is 3. The Balaban J connectivity index is 1.72. The Morgan fingerprint density at radius 2 is 1.68 bits per heavy atom. The van der Waals surface area contributed by atoms with Crippen LogP contribution in [0.2, 0.25) is 0 Å². The second-order valence-electron chi connectivity index (χ2n) is 7.23. The zero-order valence-corrected chi connectivity index (χ0v) is 14.9. The normalized spacial score (nSPS) is 19.5. The van der Waals surface area contributed by atoms with Gasteiger partial charge in [0.25, 0.3) is 0 Å². The summed E-state index contributed by atoms with van der Waals surface area (Å²) < 4.78 is 52.0. The van der Waals surface area contributed by atoms with Crippen molar-refractivity contribution in [2.24, 2.45) is 0 Å². The minimum Gasteiger partial charge on any atom is -0.289 e. The van der Waals surface area contributed by atoms with Crippen LogP contribution in [0.4, 0.5) is 33.7 Å². The lowest BCUT2D eigenvalue weighted by Gasteiger charge is -2.40. The summed E-state index contributed by atoms with van der Waals surface area (Å²) in [6, 6.07) is 5.42. The first-order valence-electron chi connectivity index (χ1n) is 9.07. The van der Waals surface area contributed by atoms with Crippen LogP contribution in [0, 0.1) is 5.82 Å². The Morgan fingerprint density at radius 1 is 1.00 bits per heavy atom. The monoisotopic (exact) mass is 394 g/mol. The molecule has 28 heavy (non-hydrogen) atoms. The molecule has 4 rings (SSSR count). The molecule has 2 aromatic rings. The van der Waals surface area contributed by atoms with Gasteiger partial charge >= 0.3 is 12.2 Å². The second-order valence-corrected chi connectivity index (χ2v) is 7.23. The summed E-state index contributed by atoms with van der Waals surface area (Å²) in [5.41, 5.74) is 0.121. The maximum atomic E-state index is 13.8. The van der Waals surface area contributed by atoms with E-state index in [2.05, 4.69) is 9.97 Å². The molecule has 0 unspecified atom stereocenters. The van der Waals surface area contributed by atoms with E-state index >= 15 is 0 Å². The molecule has 2 heterocycles. The lowest BCUT2D eigenvalue weighted by molar-refractivity contribution is -0.144. The van der Waals surface area contributed by atoms with Crippen LogP contribution in [0.5, 0.6) is 0 Å². The number of benzene rings is 1. The third kappa shape index (κ3) is 3.18. The Bertz CT molecular complexity index is 878. The molecule has 148 valence electrons. The highest BCUT2D eigenvalue weighted by molar-refractivity contribution is 6.07. The molecule has 9 heteroatoms. The third-order valence-corrected chi connectivity index (χ3v) is 5.40. The van der Waals surface area contributed by atoms with E-state index in [1.807, 2.05) is 0 Å². The molecule has 0 bridgehead atoms. The van der Waals surface area contributed by atoms with Crippen LogP contribution in [0.3, 0.4) is 0 Å². The summed E-state index contributed by atoms with van der Waals surface area (Å²) in [5.74, 6) is -1.70. The predicted octanol–water partition coefficient (Wildman–Crippen LogP) is 4.78. The number of urea groups is 1. The van der Waals surface area contributed by atoms with Gasteiger partial charge in [0.15, 0.2) is 0 Å². The zero-order valence-electron chi connectivity index (χ0n) is 14.9. The van der Waals surface area contributed by atoms with E-state index in [0.29, 0.717) is 12.2 Å². The Labute approximate surface area is 159 Å². The van der Waals surface area contributed by atoms with Crippen LogP contribution >= 0.6 is 0 Å². The van der Waals surface area contributed by atoms with Gasteiger partial charge < -0.3 is 0 Å². The Morgan fingerprint density at radius 3 is 2.29 bits per heavy atom.